The van der Waals surface area contributed by atoms with E-state index >= 15 is 0 Å². The van der Waals surface area contributed by atoms with E-state index in [2.05, 4.69) is 11.1 Å². The first kappa shape index (κ1) is 7.56. The lowest BCUT2D eigenvalue weighted by Crippen LogP contribution is -1.82. The van der Waals surface area contributed by atoms with Gasteiger partial charge in [-0.05, 0) is 31.2 Å². The minimum absolute atomic E-state index is 0.738. The van der Waals surface area contributed by atoms with Crippen LogP contribution < -0.4 is 0 Å². The molecule has 0 spiro atoms. The van der Waals surface area contributed by atoms with Crippen LogP contribution in [0.4, 0.5) is 0 Å². The van der Waals surface area contributed by atoms with Gasteiger partial charge >= 0.3 is 0 Å². The van der Waals surface area contributed by atoms with Gasteiger partial charge < -0.3 is 0 Å². The van der Waals surface area contributed by atoms with Gasteiger partial charge in [0.2, 0.25) is 0 Å². The monoisotopic (exact) mass is 176 g/mol. The highest BCUT2D eigenvalue weighted by Gasteiger charge is 1.95. The number of nitrogens with zero attached hydrogens (tertiary/aromatic N) is 1. The molecule has 1 nitrogen and oxygen atoms in total. The minimum Gasteiger partial charge on any atom is -0.252 e. The molecule has 0 aliphatic rings. The second kappa shape index (κ2) is 2.76. The Labute approximate surface area is 76.0 Å². The zero-order valence-corrected chi connectivity index (χ0v) is 7.39. The topological polar surface area (TPSA) is 12.9 Å². The van der Waals surface area contributed by atoms with Gasteiger partial charge in [0.05, 0.1) is 5.52 Å². The summed E-state index contributed by atoms with van der Waals surface area (Å²) in [6.45, 7) is 1.92. The van der Waals surface area contributed by atoms with Gasteiger partial charge in [0, 0.05) is 22.2 Å². The highest BCUT2D eigenvalue weighted by molar-refractivity contribution is 6.31. The van der Waals surface area contributed by atoms with Gasteiger partial charge in [0.15, 0.2) is 0 Å². The number of aromatic nitrogens is 1. The van der Waals surface area contributed by atoms with E-state index < -0.39 is 0 Å². The highest BCUT2D eigenvalue weighted by Crippen LogP contribution is 2.17. The van der Waals surface area contributed by atoms with Gasteiger partial charge in [-0.2, -0.15) is 0 Å². The van der Waals surface area contributed by atoms with Crippen LogP contribution in [0.5, 0.6) is 0 Å². The van der Waals surface area contributed by atoms with Crippen molar-refractivity contribution in [1.29, 1.82) is 0 Å². The standard InChI is InChI=1S/C10H7ClN/c1-7-2-3-8-6-9(11)4-5-10(8)12-7/h3-6H,1H3. The largest absolute Gasteiger partial charge is 0.252 e. The van der Waals surface area contributed by atoms with E-state index in [1.807, 2.05) is 31.2 Å². The van der Waals surface area contributed by atoms with Crippen molar-refractivity contribution in [2.75, 3.05) is 0 Å². The number of benzene rings is 1. The third-order valence-corrected chi connectivity index (χ3v) is 1.95. The molecule has 0 amide bonds. The second-order valence-electron chi connectivity index (χ2n) is 2.69. The van der Waals surface area contributed by atoms with Crippen LogP contribution >= 0.6 is 11.6 Å². The minimum atomic E-state index is 0.738. The molecule has 0 aliphatic heterocycles. The van der Waals surface area contributed by atoms with Gasteiger partial charge in [0.1, 0.15) is 0 Å². The summed E-state index contributed by atoms with van der Waals surface area (Å²) in [5, 5.41) is 1.77. The molecule has 2 rings (SSSR count). The molecule has 1 aromatic carbocycles. The average molecular weight is 177 g/mol. The van der Waals surface area contributed by atoms with Crippen LogP contribution in [-0.2, 0) is 0 Å². The van der Waals surface area contributed by atoms with E-state index in [0.717, 1.165) is 21.6 Å². The second-order valence-corrected chi connectivity index (χ2v) is 3.13. The smallest absolute Gasteiger partial charge is 0.0706 e. The lowest BCUT2D eigenvalue weighted by Gasteiger charge is -1.97. The van der Waals surface area contributed by atoms with Crippen molar-refractivity contribution in [2.45, 2.75) is 6.92 Å². The average Bonchev–Trinajstić information content (AvgIpc) is 2.05. The van der Waals surface area contributed by atoms with Crippen LogP contribution in [0.25, 0.3) is 10.9 Å². The van der Waals surface area contributed by atoms with E-state index in [-0.39, 0.29) is 0 Å². The third-order valence-electron chi connectivity index (χ3n) is 1.71. The number of halogens is 1. The first-order chi connectivity index (χ1) is 5.75. The SMILES string of the molecule is Cc1[c]cc2cc(Cl)ccc2n1. The zero-order valence-electron chi connectivity index (χ0n) is 6.63. The van der Waals surface area contributed by atoms with E-state index in [1.54, 1.807) is 0 Å². The molecule has 2 heteroatoms. The maximum Gasteiger partial charge on any atom is 0.0706 e. The Kier molecular flexibility index (Phi) is 1.74. The molecule has 59 valence electrons. The summed E-state index contributed by atoms with van der Waals surface area (Å²) in [7, 11) is 0. The molecule has 0 saturated heterocycles. The molecule has 0 N–H and O–H groups in total. The van der Waals surface area contributed by atoms with Crippen molar-refractivity contribution in [3.05, 3.63) is 41.0 Å². The number of pyridine rings is 1. The molecule has 12 heavy (non-hydrogen) atoms. The summed E-state index contributed by atoms with van der Waals surface area (Å²) in [5.74, 6) is 0. The van der Waals surface area contributed by atoms with Crippen LogP contribution in [0, 0.1) is 13.0 Å². The molecule has 1 aromatic heterocycles. The Morgan fingerprint density at radius 1 is 1.42 bits per heavy atom. The van der Waals surface area contributed by atoms with Crippen molar-refractivity contribution in [3.8, 4) is 0 Å². The Bertz CT molecular complexity index is 382. The lowest BCUT2D eigenvalue weighted by atomic mass is 10.2. The van der Waals surface area contributed by atoms with Gasteiger partial charge in [-0.15, -0.1) is 0 Å². The van der Waals surface area contributed by atoms with Crippen LogP contribution in [-0.4, -0.2) is 4.98 Å². The van der Waals surface area contributed by atoms with E-state index in [4.69, 9.17) is 11.6 Å². The van der Waals surface area contributed by atoms with Crippen molar-refractivity contribution in [1.82, 2.24) is 4.98 Å². The van der Waals surface area contributed by atoms with Crippen LogP contribution in [0.3, 0.4) is 0 Å². The molecule has 0 bridgehead atoms. The molecule has 1 heterocycles. The van der Waals surface area contributed by atoms with E-state index in [1.165, 1.54) is 0 Å². The predicted octanol–water partition coefficient (Wildman–Crippen LogP) is 3.00. The summed E-state index contributed by atoms with van der Waals surface area (Å²) >= 11 is 5.82. The van der Waals surface area contributed by atoms with Crippen molar-refractivity contribution in [3.63, 3.8) is 0 Å². The molecular formula is C10H7ClN. The number of rotatable bonds is 0. The van der Waals surface area contributed by atoms with Crippen molar-refractivity contribution >= 4 is 22.5 Å². The summed E-state index contributed by atoms with van der Waals surface area (Å²) in [5.41, 5.74) is 1.88. The van der Waals surface area contributed by atoms with Crippen LogP contribution in [0.15, 0.2) is 24.3 Å². The highest BCUT2D eigenvalue weighted by atomic mass is 35.5. The maximum atomic E-state index is 5.82. The number of aryl methyl sites for hydroxylation is 1. The third kappa shape index (κ3) is 1.28. The first-order valence-corrected chi connectivity index (χ1v) is 4.08. The zero-order chi connectivity index (χ0) is 8.55. The summed E-state index contributed by atoms with van der Waals surface area (Å²) in [4.78, 5) is 4.30. The van der Waals surface area contributed by atoms with Crippen molar-refractivity contribution in [2.24, 2.45) is 0 Å². The van der Waals surface area contributed by atoms with Crippen LogP contribution in [0.2, 0.25) is 5.02 Å². The number of fused-ring (bicyclic) bond motifs is 1. The predicted molar refractivity (Wildman–Crippen MR) is 50.3 cm³/mol. The van der Waals surface area contributed by atoms with Gasteiger partial charge in [-0.1, -0.05) is 11.6 Å². The Balaban J connectivity index is 2.79. The normalized spacial score (nSPS) is 10.5. The molecule has 0 saturated carbocycles. The van der Waals surface area contributed by atoms with Crippen molar-refractivity contribution < 1.29 is 0 Å². The Hall–Kier alpha value is -1.08. The Morgan fingerprint density at radius 3 is 3.08 bits per heavy atom. The fourth-order valence-corrected chi connectivity index (χ4v) is 1.32. The fourth-order valence-electron chi connectivity index (χ4n) is 1.14. The summed E-state index contributed by atoms with van der Waals surface area (Å²) in [6, 6.07) is 10.6. The number of hydrogen-bond acceptors (Lipinski definition) is 1. The maximum absolute atomic E-state index is 5.82. The molecule has 1 radical (unpaired) electrons. The van der Waals surface area contributed by atoms with E-state index in [9.17, 15) is 0 Å². The Morgan fingerprint density at radius 2 is 2.25 bits per heavy atom. The van der Waals surface area contributed by atoms with Gasteiger partial charge in [-0.3, -0.25) is 4.98 Å². The molecule has 0 unspecified atom stereocenters. The molecular weight excluding hydrogens is 170 g/mol. The molecule has 0 fully saturated rings. The fraction of sp³-hybridized carbons (Fsp3) is 0.100. The quantitative estimate of drug-likeness (QED) is 0.602. The molecule has 0 aliphatic carbocycles. The summed E-state index contributed by atoms with van der Waals surface area (Å²) in [6.07, 6.45) is 0. The number of hydrogen-bond donors (Lipinski definition) is 0. The lowest BCUT2D eigenvalue weighted by molar-refractivity contribution is 1.25. The summed E-state index contributed by atoms with van der Waals surface area (Å²) < 4.78 is 0. The molecule has 0 atom stereocenters. The molecule has 2 aromatic rings. The van der Waals surface area contributed by atoms with Crippen LogP contribution in [0.1, 0.15) is 5.69 Å². The van der Waals surface area contributed by atoms with Gasteiger partial charge in [-0.25, -0.2) is 0 Å². The van der Waals surface area contributed by atoms with Gasteiger partial charge in [0.25, 0.3) is 0 Å². The van der Waals surface area contributed by atoms with E-state index in [0.29, 0.717) is 0 Å². The first-order valence-electron chi connectivity index (χ1n) is 3.70.